The van der Waals surface area contributed by atoms with Crippen LogP contribution in [0.4, 0.5) is 13.2 Å². The molecule has 1 aromatic carbocycles. The van der Waals surface area contributed by atoms with Gasteiger partial charge in [0.05, 0.1) is 6.61 Å². The van der Waals surface area contributed by atoms with Crippen molar-refractivity contribution in [1.82, 2.24) is 10.3 Å². The molecule has 1 N–H and O–H groups in total. The Kier molecular flexibility index (Phi) is 7.27. The van der Waals surface area contributed by atoms with Gasteiger partial charge in [-0.25, -0.2) is 4.98 Å². The first-order chi connectivity index (χ1) is 12.9. The van der Waals surface area contributed by atoms with Crippen LogP contribution < -0.4 is 19.5 Å². The molecule has 0 aliphatic heterocycles. The summed E-state index contributed by atoms with van der Waals surface area (Å²) in [4.78, 5) is 15.6. The van der Waals surface area contributed by atoms with Crippen molar-refractivity contribution in [2.75, 3.05) is 19.8 Å². The van der Waals surface area contributed by atoms with E-state index in [1.54, 1.807) is 30.3 Å². The highest BCUT2D eigenvalue weighted by atomic mass is 19.4. The molecule has 0 spiro atoms. The highest BCUT2D eigenvalue weighted by Crippen LogP contribution is 2.20. The summed E-state index contributed by atoms with van der Waals surface area (Å²) < 4.78 is 52.1. The van der Waals surface area contributed by atoms with Crippen LogP contribution in [0, 0.1) is 0 Å². The lowest BCUT2D eigenvalue weighted by Crippen LogP contribution is -2.29. The van der Waals surface area contributed by atoms with E-state index in [9.17, 15) is 18.0 Å². The zero-order valence-corrected chi connectivity index (χ0v) is 14.6. The van der Waals surface area contributed by atoms with E-state index in [0.717, 1.165) is 0 Å². The smallest absolute Gasteiger partial charge is 0.422 e. The monoisotopic (exact) mass is 384 g/mol. The van der Waals surface area contributed by atoms with E-state index in [-0.39, 0.29) is 19.0 Å². The van der Waals surface area contributed by atoms with Gasteiger partial charge in [0, 0.05) is 18.3 Å². The number of pyridine rings is 1. The van der Waals surface area contributed by atoms with Crippen molar-refractivity contribution in [2.45, 2.75) is 19.6 Å². The molecule has 27 heavy (non-hydrogen) atoms. The highest BCUT2D eigenvalue weighted by Gasteiger charge is 2.29. The fourth-order valence-electron chi connectivity index (χ4n) is 2.03. The number of benzene rings is 1. The molecule has 0 unspecified atom stereocenters. The summed E-state index contributed by atoms with van der Waals surface area (Å²) in [6, 6.07) is 9.84. The van der Waals surface area contributed by atoms with Crippen LogP contribution in [0.1, 0.15) is 12.5 Å². The number of hydrogen-bond acceptors (Lipinski definition) is 5. The van der Waals surface area contributed by atoms with Crippen molar-refractivity contribution in [1.29, 1.82) is 0 Å². The summed E-state index contributed by atoms with van der Waals surface area (Å²) in [5.41, 5.74) is 0.330. The lowest BCUT2D eigenvalue weighted by atomic mass is 10.2. The Bertz CT molecular complexity index is 736. The molecule has 0 aliphatic rings. The lowest BCUT2D eigenvalue weighted by Gasteiger charge is -2.12. The minimum Gasteiger partial charge on any atom is -0.494 e. The van der Waals surface area contributed by atoms with Gasteiger partial charge in [-0.15, -0.1) is 0 Å². The second-order valence-electron chi connectivity index (χ2n) is 5.34. The van der Waals surface area contributed by atoms with E-state index in [1.807, 2.05) is 6.92 Å². The van der Waals surface area contributed by atoms with E-state index in [2.05, 4.69) is 15.0 Å². The average Bonchev–Trinajstić information content (AvgIpc) is 2.64. The van der Waals surface area contributed by atoms with E-state index in [1.165, 1.54) is 12.3 Å². The number of carbonyl (C=O) groups is 1. The molecule has 2 rings (SSSR count). The molecule has 2 aromatic rings. The van der Waals surface area contributed by atoms with E-state index in [4.69, 9.17) is 9.47 Å². The maximum atomic E-state index is 12.3. The maximum Gasteiger partial charge on any atom is 0.422 e. The number of alkyl halides is 3. The normalized spacial score (nSPS) is 11.0. The first kappa shape index (κ1) is 20.3. The Morgan fingerprint density at radius 2 is 1.74 bits per heavy atom. The fourth-order valence-corrected chi connectivity index (χ4v) is 2.03. The van der Waals surface area contributed by atoms with Crippen molar-refractivity contribution < 1.29 is 32.2 Å². The van der Waals surface area contributed by atoms with Gasteiger partial charge in [-0.05, 0) is 37.3 Å². The predicted octanol–water partition coefficient (Wildman–Crippen LogP) is 3.12. The fraction of sp³-hybridized carbons (Fsp3) is 0.333. The molecular weight excluding hydrogens is 365 g/mol. The summed E-state index contributed by atoms with van der Waals surface area (Å²) in [7, 11) is 0. The third-order valence-electron chi connectivity index (χ3n) is 3.20. The molecule has 1 heterocycles. The zero-order valence-electron chi connectivity index (χ0n) is 14.6. The topological polar surface area (TPSA) is 69.7 Å². The molecule has 0 bridgehead atoms. The Morgan fingerprint density at radius 3 is 2.37 bits per heavy atom. The van der Waals surface area contributed by atoms with Gasteiger partial charge in [-0.2, -0.15) is 13.2 Å². The number of nitrogens with zero attached hydrogens (tertiary/aromatic N) is 1. The summed E-state index contributed by atoms with van der Waals surface area (Å²) in [6.45, 7) is 0.688. The van der Waals surface area contributed by atoms with Crippen molar-refractivity contribution in [2.24, 2.45) is 0 Å². The third kappa shape index (κ3) is 7.43. The number of aromatic nitrogens is 1. The van der Waals surface area contributed by atoms with Gasteiger partial charge < -0.3 is 19.5 Å². The van der Waals surface area contributed by atoms with Crippen molar-refractivity contribution >= 4 is 5.91 Å². The van der Waals surface area contributed by atoms with Crippen LogP contribution in [-0.4, -0.2) is 36.9 Å². The number of hydrogen-bond donors (Lipinski definition) is 1. The van der Waals surface area contributed by atoms with E-state index < -0.39 is 18.7 Å². The van der Waals surface area contributed by atoms with Gasteiger partial charge in [-0.3, -0.25) is 4.79 Å². The molecule has 9 heteroatoms. The van der Waals surface area contributed by atoms with Gasteiger partial charge in [0.1, 0.15) is 11.5 Å². The Hall–Kier alpha value is -2.97. The number of amides is 1. The molecule has 0 fully saturated rings. The highest BCUT2D eigenvalue weighted by molar-refractivity contribution is 5.77. The number of nitrogens with one attached hydrogen (secondary N) is 1. The van der Waals surface area contributed by atoms with Gasteiger partial charge >= 0.3 is 6.18 Å². The predicted molar refractivity (Wildman–Crippen MR) is 90.7 cm³/mol. The van der Waals surface area contributed by atoms with Gasteiger partial charge in [0.15, 0.2) is 13.2 Å². The van der Waals surface area contributed by atoms with Crippen LogP contribution >= 0.6 is 0 Å². The largest absolute Gasteiger partial charge is 0.494 e. The minimum absolute atomic E-state index is 0.0352. The van der Waals surface area contributed by atoms with Crippen molar-refractivity contribution in [3.8, 4) is 17.4 Å². The maximum absolute atomic E-state index is 12.3. The van der Waals surface area contributed by atoms with Crippen LogP contribution in [-0.2, 0) is 11.3 Å². The molecular formula is C18H19F3N2O4. The molecule has 0 radical (unpaired) electrons. The first-order valence-corrected chi connectivity index (χ1v) is 8.13. The van der Waals surface area contributed by atoms with Crippen molar-refractivity contribution in [3.05, 3.63) is 48.2 Å². The van der Waals surface area contributed by atoms with Crippen LogP contribution in [0.5, 0.6) is 17.4 Å². The van der Waals surface area contributed by atoms with Gasteiger partial charge in [0.2, 0.25) is 5.88 Å². The molecule has 0 aliphatic carbocycles. The second kappa shape index (κ2) is 9.65. The zero-order chi connectivity index (χ0) is 19.7. The van der Waals surface area contributed by atoms with Gasteiger partial charge in [-0.1, -0.05) is 6.07 Å². The van der Waals surface area contributed by atoms with E-state index in [0.29, 0.717) is 23.7 Å². The first-order valence-electron chi connectivity index (χ1n) is 8.13. The molecule has 1 amide bonds. The Morgan fingerprint density at radius 1 is 1.07 bits per heavy atom. The quantitative estimate of drug-likeness (QED) is 0.720. The number of halogens is 3. The average molecular weight is 384 g/mol. The summed E-state index contributed by atoms with van der Waals surface area (Å²) in [5.74, 6) is 0.568. The number of carbonyl (C=O) groups excluding carboxylic acids is 1. The van der Waals surface area contributed by atoms with Crippen LogP contribution in [0.2, 0.25) is 0 Å². The van der Waals surface area contributed by atoms with Gasteiger partial charge in [0.25, 0.3) is 5.91 Å². The Labute approximate surface area is 154 Å². The van der Waals surface area contributed by atoms with Crippen LogP contribution in [0.25, 0.3) is 0 Å². The van der Waals surface area contributed by atoms with Crippen LogP contribution in [0.3, 0.4) is 0 Å². The standard InChI is InChI=1S/C18H19F3N2O4/c1-2-25-14-5-7-15(8-6-14)26-11-16(24)23-10-13-4-3-9-22-17(13)27-12-18(19,20)21/h3-9H,2,10-12H2,1H3,(H,23,24). The molecule has 6 nitrogen and oxygen atoms in total. The lowest BCUT2D eigenvalue weighted by molar-refractivity contribution is -0.154. The summed E-state index contributed by atoms with van der Waals surface area (Å²) >= 11 is 0. The molecule has 0 saturated heterocycles. The molecule has 146 valence electrons. The summed E-state index contributed by atoms with van der Waals surface area (Å²) in [6.07, 6.45) is -3.16. The molecule has 1 aromatic heterocycles. The van der Waals surface area contributed by atoms with Crippen LogP contribution in [0.15, 0.2) is 42.6 Å². The minimum atomic E-state index is -4.47. The summed E-state index contributed by atoms with van der Waals surface area (Å²) in [5, 5.41) is 2.55. The Balaban J connectivity index is 1.81. The second-order valence-corrected chi connectivity index (χ2v) is 5.34. The molecule has 0 atom stereocenters. The van der Waals surface area contributed by atoms with E-state index >= 15 is 0 Å². The van der Waals surface area contributed by atoms with Crippen molar-refractivity contribution in [3.63, 3.8) is 0 Å². The SMILES string of the molecule is CCOc1ccc(OCC(=O)NCc2cccnc2OCC(F)(F)F)cc1. The number of rotatable bonds is 9. The third-order valence-corrected chi connectivity index (χ3v) is 3.20. The molecule has 0 saturated carbocycles. The number of ether oxygens (including phenoxy) is 3.